The minimum atomic E-state index is 0.00231. The number of rotatable bonds is 2. The molecule has 12 heavy (non-hydrogen) atoms. The Labute approximate surface area is 72.9 Å². The first-order chi connectivity index (χ1) is 5.75. The molecule has 1 amide bonds. The van der Waals surface area contributed by atoms with Crippen LogP contribution >= 0.6 is 0 Å². The van der Waals surface area contributed by atoms with Crippen LogP contribution in [0.25, 0.3) is 0 Å². The highest BCUT2D eigenvalue weighted by Crippen LogP contribution is 2.33. The molecule has 1 aliphatic carbocycles. The Morgan fingerprint density at radius 3 is 2.83 bits per heavy atom. The molecule has 0 spiro atoms. The molecule has 68 valence electrons. The van der Waals surface area contributed by atoms with Crippen LogP contribution in [0.3, 0.4) is 0 Å². The first-order valence-corrected chi connectivity index (χ1v) is 4.79. The van der Waals surface area contributed by atoms with E-state index in [0.717, 1.165) is 12.5 Å². The maximum Gasteiger partial charge on any atom is 0.236 e. The molecule has 3 nitrogen and oxygen atoms in total. The van der Waals surface area contributed by atoms with Crippen LogP contribution in [0.2, 0.25) is 0 Å². The van der Waals surface area contributed by atoms with Crippen molar-refractivity contribution in [1.82, 2.24) is 10.6 Å². The summed E-state index contributed by atoms with van der Waals surface area (Å²) in [5, 5.41) is 6.24. The zero-order chi connectivity index (χ0) is 8.55. The van der Waals surface area contributed by atoms with Crippen LogP contribution in [0.5, 0.6) is 0 Å². The molecule has 1 aliphatic heterocycles. The van der Waals surface area contributed by atoms with E-state index in [4.69, 9.17) is 0 Å². The van der Waals surface area contributed by atoms with Crippen LogP contribution in [-0.2, 0) is 4.79 Å². The van der Waals surface area contributed by atoms with E-state index in [2.05, 4.69) is 10.6 Å². The van der Waals surface area contributed by atoms with Gasteiger partial charge in [0.05, 0.1) is 6.04 Å². The zero-order valence-corrected chi connectivity index (χ0v) is 7.47. The smallest absolute Gasteiger partial charge is 0.236 e. The quantitative estimate of drug-likeness (QED) is 0.621. The second-order valence-electron chi connectivity index (χ2n) is 4.01. The lowest BCUT2D eigenvalue weighted by atomic mass is 10.1. The molecule has 0 aromatic carbocycles. The SMILES string of the molecule is CC1NC(CC2CC2)CNC1=O. The molecule has 1 heterocycles. The van der Waals surface area contributed by atoms with E-state index < -0.39 is 0 Å². The van der Waals surface area contributed by atoms with Gasteiger partial charge in [0, 0.05) is 12.6 Å². The first kappa shape index (κ1) is 8.05. The molecule has 0 radical (unpaired) electrons. The van der Waals surface area contributed by atoms with E-state index in [1.54, 1.807) is 0 Å². The fraction of sp³-hybridized carbons (Fsp3) is 0.889. The van der Waals surface area contributed by atoms with Crippen LogP contribution in [-0.4, -0.2) is 24.5 Å². The summed E-state index contributed by atoms with van der Waals surface area (Å²) in [6.45, 7) is 2.74. The van der Waals surface area contributed by atoms with Gasteiger partial charge in [0.15, 0.2) is 0 Å². The third-order valence-corrected chi connectivity index (χ3v) is 2.72. The average Bonchev–Trinajstić information content (AvgIpc) is 2.81. The summed E-state index contributed by atoms with van der Waals surface area (Å²) in [6, 6.07) is 0.521. The number of carbonyl (C=O) groups is 1. The highest BCUT2D eigenvalue weighted by atomic mass is 16.2. The topological polar surface area (TPSA) is 41.1 Å². The third-order valence-electron chi connectivity index (χ3n) is 2.72. The maximum atomic E-state index is 11.1. The van der Waals surface area contributed by atoms with Crippen LogP contribution in [0, 0.1) is 5.92 Å². The Morgan fingerprint density at radius 1 is 1.50 bits per heavy atom. The van der Waals surface area contributed by atoms with Crippen LogP contribution in [0.15, 0.2) is 0 Å². The van der Waals surface area contributed by atoms with E-state index in [1.165, 1.54) is 19.3 Å². The van der Waals surface area contributed by atoms with Crippen molar-refractivity contribution >= 4 is 5.91 Å². The summed E-state index contributed by atoms with van der Waals surface area (Å²) in [6.07, 6.45) is 4.02. The van der Waals surface area contributed by atoms with Gasteiger partial charge >= 0.3 is 0 Å². The number of carbonyl (C=O) groups excluding carboxylic acids is 1. The summed E-state index contributed by atoms with van der Waals surface area (Å²) in [7, 11) is 0. The molecule has 1 saturated carbocycles. The van der Waals surface area contributed by atoms with Gasteiger partial charge in [0.1, 0.15) is 0 Å². The fourth-order valence-corrected chi connectivity index (χ4v) is 1.77. The zero-order valence-electron chi connectivity index (χ0n) is 7.47. The Balaban J connectivity index is 1.80. The summed E-state index contributed by atoms with van der Waals surface area (Å²) < 4.78 is 0. The van der Waals surface area contributed by atoms with Crippen molar-refractivity contribution in [2.75, 3.05) is 6.54 Å². The molecule has 2 aliphatic rings. The predicted molar refractivity (Wildman–Crippen MR) is 46.7 cm³/mol. The van der Waals surface area contributed by atoms with Crippen molar-refractivity contribution in [3.8, 4) is 0 Å². The minimum Gasteiger partial charge on any atom is -0.353 e. The third kappa shape index (κ3) is 1.78. The van der Waals surface area contributed by atoms with E-state index in [1.807, 2.05) is 6.92 Å². The van der Waals surface area contributed by atoms with Gasteiger partial charge in [-0.25, -0.2) is 0 Å². The molecule has 1 saturated heterocycles. The molecule has 2 fully saturated rings. The molecular weight excluding hydrogens is 152 g/mol. The largest absolute Gasteiger partial charge is 0.353 e. The summed E-state index contributed by atoms with van der Waals surface area (Å²) >= 11 is 0. The molecule has 0 aromatic heterocycles. The number of hydrogen-bond donors (Lipinski definition) is 2. The van der Waals surface area contributed by atoms with Gasteiger partial charge in [-0.3, -0.25) is 4.79 Å². The highest BCUT2D eigenvalue weighted by Gasteiger charge is 2.29. The van der Waals surface area contributed by atoms with E-state index >= 15 is 0 Å². The number of amides is 1. The summed E-state index contributed by atoms with van der Waals surface area (Å²) in [5.41, 5.74) is 0. The van der Waals surface area contributed by atoms with E-state index in [9.17, 15) is 4.79 Å². The molecule has 0 aromatic rings. The van der Waals surface area contributed by atoms with Crippen LogP contribution in [0.1, 0.15) is 26.2 Å². The summed E-state index contributed by atoms with van der Waals surface area (Å²) in [4.78, 5) is 11.1. The van der Waals surface area contributed by atoms with E-state index in [0.29, 0.717) is 6.04 Å². The maximum absolute atomic E-state index is 11.1. The molecular formula is C9H16N2O. The first-order valence-electron chi connectivity index (χ1n) is 4.79. The van der Waals surface area contributed by atoms with Gasteiger partial charge < -0.3 is 10.6 Å². The summed E-state index contributed by atoms with van der Waals surface area (Å²) in [5.74, 6) is 1.08. The Bertz CT molecular complexity index is 189. The Kier molecular flexibility index (Phi) is 2.05. The van der Waals surface area contributed by atoms with Crippen molar-refractivity contribution in [3.63, 3.8) is 0 Å². The van der Waals surface area contributed by atoms with Gasteiger partial charge in [0.25, 0.3) is 0 Å². The minimum absolute atomic E-state index is 0.00231. The number of hydrogen-bond acceptors (Lipinski definition) is 2. The Morgan fingerprint density at radius 2 is 2.25 bits per heavy atom. The van der Waals surface area contributed by atoms with Crippen molar-refractivity contribution in [2.45, 2.75) is 38.3 Å². The van der Waals surface area contributed by atoms with Gasteiger partial charge in [-0.05, 0) is 19.3 Å². The molecule has 3 heteroatoms. The molecule has 2 rings (SSSR count). The van der Waals surface area contributed by atoms with Gasteiger partial charge in [-0.2, -0.15) is 0 Å². The van der Waals surface area contributed by atoms with Gasteiger partial charge in [-0.1, -0.05) is 12.8 Å². The lowest BCUT2D eigenvalue weighted by Crippen LogP contribution is -2.57. The van der Waals surface area contributed by atoms with Gasteiger partial charge in [0.2, 0.25) is 5.91 Å². The van der Waals surface area contributed by atoms with Crippen LogP contribution < -0.4 is 10.6 Å². The normalized spacial score (nSPS) is 36.2. The predicted octanol–water partition coefficient (Wildman–Crippen LogP) is 0.263. The number of piperazine rings is 1. The van der Waals surface area contributed by atoms with Gasteiger partial charge in [-0.15, -0.1) is 0 Å². The number of nitrogens with one attached hydrogen (secondary N) is 2. The van der Waals surface area contributed by atoms with Crippen molar-refractivity contribution in [3.05, 3.63) is 0 Å². The lowest BCUT2D eigenvalue weighted by molar-refractivity contribution is -0.124. The standard InChI is InChI=1S/C9H16N2O/c1-6-9(12)10-5-8(11-6)4-7-2-3-7/h6-8,11H,2-5H2,1H3,(H,10,12). The van der Waals surface area contributed by atoms with Crippen LogP contribution in [0.4, 0.5) is 0 Å². The lowest BCUT2D eigenvalue weighted by Gasteiger charge is -2.28. The molecule has 2 N–H and O–H groups in total. The highest BCUT2D eigenvalue weighted by molar-refractivity contribution is 5.82. The van der Waals surface area contributed by atoms with Crippen molar-refractivity contribution in [1.29, 1.82) is 0 Å². The monoisotopic (exact) mass is 168 g/mol. The second-order valence-corrected chi connectivity index (χ2v) is 4.01. The molecule has 0 bridgehead atoms. The fourth-order valence-electron chi connectivity index (χ4n) is 1.77. The van der Waals surface area contributed by atoms with Crippen molar-refractivity contribution in [2.24, 2.45) is 5.92 Å². The average molecular weight is 168 g/mol. The van der Waals surface area contributed by atoms with E-state index in [-0.39, 0.29) is 11.9 Å². The van der Waals surface area contributed by atoms with Crippen molar-refractivity contribution < 1.29 is 4.79 Å². The Hall–Kier alpha value is -0.570. The second kappa shape index (κ2) is 3.05. The molecule has 2 unspecified atom stereocenters. The molecule has 2 atom stereocenters.